The van der Waals surface area contributed by atoms with E-state index in [0.29, 0.717) is 16.9 Å². The van der Waals surface area contributed by atoms with Gasteiger partial charge in [-0.2, -0.15) is 0 Å². The van der Waals surface area contributed by atoms with E-state index >= 15 is 0 Å². The quantitative estimate of drug-likeness (QED) is 0.626. The van der Waals surface area contributed by atoms with Gasteiger partial charge in [-0.1, -0.05) is 24.3 Å². The van der Waals surface area contributed by atoms with Crippen molar-refractivity contribution in [3.05, 3.63) is 65.5 Å². The van der Waals surface area contributed by atoms with E-state index in [1.807, 2.05) is 0 Å². The fourth-order valence-electron chi connectivity index (χ4n) is 1.74. The van der Waals surface area contributed by atoms with Crippen LogP contribution < -0.4 is 10.1 Å². The van der Waals surface area contributed by atoms with Crippen molar-refractivity contribution in [3.63, 3.8) is 0 Å². The largest absolute Gasteiger partial charge is 0.489 e. The Morgan fingerprint density at radius 1 is 1.30 bits per heavy atom. The molecule has 0 aliphatic heterocycles. The topological polar surface area (TPSA) is 85.9 Å². The average Bonchev–Trinajstić information content (AvgIpc) is 2.66. The van der Waals surface area contributed by atoms with Gasteiger partial charge in [0.2, 0.25) is 0 Å². The Bertz CT molecular complexity index is 769. The average molecular weight is 319 g/mol. The van der Waals surface area contributed by atoms with Crippen LogP contribution in [0.1, 0.15) is 23.5 Å². The maximum absolute atomic E-state index is 13.1. The molecule has 5 nitrogen and oxygen atoms in total. The first kappa shape index (κ1) is 12.7. The van der Waals surface area contributed by atoms with Crippen LogP contribution in [0.4, 0.5) is 4.39 Å². The summed E-state index contributed by atoms with van der Waals surface area (Å²) in [5, 5.41) is 14.4. The number of carbonyl (C=O) groups is 1. The molecule has 0 radical (unpaired) electrons. The van der Waals surface area contributed by atoms with Gasteiger partial charge in [-0.05, 0) is 42.2 Å². The second-order valence-electron chi connectivity index (χ2n) is 4.45. The van der Waals surface area contributed by atoms with E-state index < -0.39 is 12.9 Å². The van der Waals surface area contributed by atoms with Gasteiger partial charge in [0.05, 0.1) is 7.39 Å². The summed E-state index contributed by atoms with van der Waals surface area (Å²) in [5.41, 5.74) is 1.40. The van der Waals surface area contributed by atoms with Crippen molar-refractivity contribution >= 4 is 6.29 Å². The van der Waals surface area contributed by atoms with Gasteiger partial charge in [-0.3, -0.25) is 0 Å². The van der Waals surface area contributed by atoms with Gasteiger partial charge >= 0.3 is 0 Å². The molecule has 0 bridgehead atoms. The summed E-state index contributed by atoms with van der Waals surface area (Å²) < 4.78 is 48.1. The zero-order chi connectivity index (χ0) is 20.5. The summed E-state index contributed by atoms with van der Waals surface area (Å²) in [7, 11) is 0. The highest BCUT2D eigenvalue weighted by molar-refractivity contribution is 5.56. The number of hydrogen-bond acceptors (Lipinski definition) is 5. The third-order valence-electron chi connectivity index (χ3n) is 2.82. The first-order valence-electron chi connectivity index (χ1n) is 8.61. The van der Waals surface area contributed by atoms with Crippen molar-refractivity contribution in [2.45, 2.75) is 26.0 Å². The number of nitrogens with zero attached hydrogens (tertiary/aromatic N) is 2. The lowest BCUT2D eigenvalue weighted by atomic mass is 10.2. The highest BCUT2D eigenvalue weighted by Gasteiger charge is 2.01. The van der Waals surface area contributed by atoms with Crippen LogP contribution in [0.3, 0.4) is 0 Å². The smallest absolute Gasteiger partial charge is 0.136 e. The van der Waals surface area contributed by atoms with Gasteiger partial charge in [-0.15, -0.1) is 0 Å². The molecule has 0 saturated heterocycles. The lowest BCUT2D eigenvalue weighted by Crippen LogP contribution is -2.26. The molecule has 0 saturated carbocycles. The maximum Gasteiger partial charge on any atom is 0.136 e. The van der Waals surface area contributed by atoms with E-state index in [9.17, 15) is 9.18 Å². The minimum absolute atomic E-state index is 0.0464. The number of aldehydes is 1. The molecule has 1 N–H and O–H groups in total. The van der Waals surface area contributed by atoms with Crippen LogP contribution in [-0.2, 0) is 17.9 Å². The van der Waals surface area contributed by atoms with Crippen molar-refractivity contribution in [2.24, 2.45) is 0 Å². The molecule has 1 atom stereocenters. The second-order valence-corrected chi connectivity index (χ2v) is 4.45. The van der Waals surface area contributed by atoms with E-state index in [1.165, 1.54) is 12.1 Å². The highest BCUT2D eigenvalue weighted by Crippen LogP contribution is 2.14. The standard InChI is InChI=1S/C17H18FNO2.N2/c1-13(11-20)19-10-14-5-7-17(8-6-14)21-12-15-3-2-4-16(18)9-15;1-2/h2-9,11,13,19H,10,12H2,1H3;/t13-;/m1./s1/i1D3,13D;. The van der Waals surface area contributed by atoms with E-state index in [4.69, 9.17) is 21.0 Å². The van der Waals surface area contributed by atoms with Gasteiger partial charge in [0.25, 0.3) is 0 Å². The second kappa shape index (κ2) is 10.0. The molecule has 0 aliphatic carbocycles. The number of rotatable bonds is 7. The van der Waals surface area contributed by atoms with Gasteiger partial charge in [0, 0.05) is 21.4 Å². The Balaban J connectivity index is 0.00000176. The molecule has 0 heterocycles. The Labute approximate surface area is 140 Å². The molecular weight excluding hydrogens is 297 g/mol. The van der Waals surface area contributed by atoms with Crippen LogP contribution in [0.15, 0.2) is 48.5 Å². The molecule has 23 heavy (non-hydrogen) atoms. The summed E-state index contributed by atoms with van der Waals surface area (Å²) in [5.74, 6) is 0.238. The Morgan fingerprint density at radius 2 is 2.04 bits per heavy atom. The third-order valence-corrected chi connectivity index (χ3v) is 2.82. The Hall–Kier alpha value is -2.78. The van der Waals surface area contributed by atoms with E-state index in [-0.39, 0.29) is 25.3 Å². The molecule has 0 spiro atoms. The van der Waals surface area contributed by atoms with Crippen molar-refractivity contribution in [2.75, 3.05) is 0 Å². The van der Waals surface area contributed by atoms with Crippen LogP contribution in [-0.4, -0.2) is 12.3 Å². The lowest BCUT2D eigenvalue weighted by molar-refractivity contribution is -0.109. The van der Waals surface area contributed by atoms with Gasteiger partial charge in [-0.25, -0.2) is 4.39 Å². The third kappa shape index (κ3) is 6.68. The summed E-state index contributed by atoms with van der Waals surface area (Å²) in [6.45, 7) is -2.50. The molecule has 0 amide bonds. The number of halogens is 1. The Morgan fingerprint density at radius 3 is 2.65 bits per heavy atom. The summed E-state index contributed by atoms with van der Waals surface area (Å²) >= 11 is 0. The molecule has 0 aliphatic rings. The Kier molecular flexibility index (Phi) is 5.55. The summed E-state index contributed by atoms with van der Waals surface area (Å²) in [4.78, 5) is 10.9. The number of ether oxygens (including phenoxy) is 1. The van der Waals surface area contributed by atoms with Crippen LogP contribution >= 0.6 is 0 Å². The van der Waals surface area contributed by atoms with Crippen molar-refractivity contribution < 1.29 is 19.4 Å². The molecule has 0 unspecified atom stereocenters. The molecule has 0 fully saturated rings. The SMILES string of the molecule is N#N.[2H]C([2H])([2H])[C@]([2H])(C=O)NCc1ccc(OCc2cccc(F)c2)cc1. The van der Waals surface area contributed by atoms with Crippen molar-refractivity contribution in [1.29, 1.82) is 10.8 Å². The normalized spacial score (nSPS) is 15.4. The number of benzene rings is 2. The van der Waals surface area contributed by atoms with E-state index in [1.54, 1.807) is 36.4 Å². The van der Waals surface area contributed by atoms with Gasteiger partial charge < -0.3 is 14.8 Å². The zero-order valence-electron chi connectivity index (χ0n) is 16.2. The molecular formula is C17H18FN3O2. The van der Waals surface area contributed by atoms with Gasteiger partial charge in [0.15, 0.2) is 0 Å². The number of carbonyl (C=O) groups excluding carboxylic acids is 1. The molecule has 2 aromatic rings. The molecule has 2 rings (SSSR count). The minimum Gasteiger partial charge on any atom is -0.489 e. The first-order chi connectivity index (χ1) is 12.7. The predicted octanol–water partition coefficient (Wildman–Crippen LogP) is 3.11. The summed E-state index contributed by atoms with van der Waals surface area (Å²) in [6, 6.07) is 10.5. The summed E-state index contributed by atoms with van der Waals surface area (Å²) in [6.07, 6.45) is 0.0798. The fourth-order valence-corrected chi connectivity index (χ4v) is 1.74. The minimum atomic E-state index is -2.76. The molecule has 2 aromatic carbocycles. The van der Waals surface area contributed by atoms with Crippen LogP contribution in [0, 0.1) is 16.6 Å². The number of hydrogen-bond donors (Lipinski definition) is 1. The van der Waals surface area contributed by atoms with Crippen molar-refractivity contribution in [3.8, 4) is 5.75 Å². The number of nitrogens with one attached hydrogen (secondary N) is 1. The van der Waals surface area contributed by atoms with Crippen molar-refractivity contribution in [1.82, 2.24) is 5.32 Å². The van der Waals surface area contributed by atoms with E-state index in [0.717, 1.165) is 0 Å². The fraction of sp³-hybridized carbons (Fsp3) is 0.235. The molecule has 6 heteroatoms. The predicted molar refractivity (Wildman–Crippen MR) is 83.0 cm³/mol. The van der Waals surface area contributed by atoms with Crippen LogP contribution in [0.5, 0.6) is 5.75 Å². The first-order valence-corrected chi connectivity index (χ1v) is 6.61. The van der Waals surface area contributed by atoms with Crippen LogP contribution in [0.2, 0.25) is 0 Å². The van der Waals surface area contributed by atoms with Gasteiger partial charge in [0.1, 0.15) is 24.5 Å². The van der Waals surface area contributed by atoms with E-state index in [2.05, 4.69) is 5.32 Å². The molecule has 120 valence electrons. The highest BCUT2D eigenvalue weighted by atomic mass is 19.1. The van der Waals surface area contributed by atoms with Crippen LogP contribution in [0.25, 0.3) is 0 Å². The molecule has 0 aromatic heterocycles. The maximum atomic E-state index is 13.1. The monoisotopic (exact) mass is 319 g/mol. The zero-order valence-corrected chi connectivity index (χ0v) is 12.2. The lowest BCUT2D eigenvalue weighted by Gasteiger charge is -2.09.